The van der Waals surface area contributed by atoms with Crippen molar-refractivity contribution in [3.63, 3.8) is 0 Å². The van der Waals surface area contributed by atoms with Crippen molar-refractivity contribution in [2.24, 2.45) is 0 Å². The summed E-state index contributed by atoms with van der Waals surface area (Å²) in [7, 11) is 0. The monoisotopic (exact) mass is 212 g/mol. The van der Waals surface area contributed by atoms with Gasteiger partial charge in [0.15, 0.2) is 0 Å². The molecule has 0 saturated carbocycles. The maximum absolute atomic E-state index is 4.31. The molecule has 0 aliphatic carbocycles. The third kappa shape index (κ3) is 1.44. The van der Waals surface area contributed by atoms with Gasteiger partial charge in [0.05, 0.1) is 5.69 Å². The molecule has 1 N–H and O–H groups in total. The molecule has 3 heteroatoms. The Morgan fingerprint density at radius 3 is 3.36 bits per heavy atom. The first-order valence-corrected chi connectivity index (χ1v) is 4.49. The van der Waals surface area contributed by atoms with Crippen molar-refractivity contribution in [3.05, 3.63) is 28.0 Å². The highest BCUT2D eigenvalue weighted by Crippen LogP contribution is 2.16. The standard InChI is InChI=1S/C8H9BrN2/c9-7-3-6-1-2-10-5-8(6)11-4-7/h3-4,10H,1-2,5H2. The van der Waals surface area contributed by atoms with Gasteiger partial charge in [0.25, 0.3) is 0 Å². The quantitative estimate of drug-likeness (QED) is 0.706. The molecule has 1 aliphatic rings. The zero-order chi connectivity index (χ0) is 7.68. The lowest BCUT2D eigenvalue weighted by Gasteiger charge is -2.15. The van der Waals surface area contributed by atoms with Crippen LogP contribution in [0.1, 0.15) is 11.3 Å². The number of nitrogens with zero attached hydrogens (tertiary/aromatic N) is 1. The van der Waals surface area contributed by atoms with E-state index in [4.69, 9.17) is 0 Å². The molecule has 0 fully saturated rings. The van der Waals surface area contributed by atoms with Crippen LogP contribution >= 0.6 is 15.9 Å². The maximum Gasteiger partial charge on any atom is 0.0574 e. The van der Waals surface area contributed by atoms with E-state index in [1.165, 1.54) is 11.3 Å². The van der Waals surface area contributed by atoms with Crippen molar-refractivity contribution in [3.8, 4) is 0 Å². The van der Waals surface area contributed by atoms with Gasteiger partial charge in [-0.2, -0.15) is 0 Å². The predicted molar refractivity (Wildman–Crippen MR) is 47.3 cm³/mol. The van der Waals surface area contributed by atoms with Crippen LogP contribution in [0.3, 0.4) is 0 Å². The first-order chi connectivity index (χ1) is 5.36. The molecule has 0 amide bonds. The smallest absolute Gasteiger partial charge is 0.0574 e. The number of nitrogens with one attached hydrogen (secondary N) is 1. The van der Waals surface area contributed by atoms with Crippen LogP contribution in [0.2, 0.25) is 0 Å². The van der Waals surface area contributed by atoms with Crippen LogP contribution in [0.5, 0.6) is 0 Å². The van der Waals surface area contributed by atoms with Crippen molar-refractivity contribution < 1.29 is 0 Å². The largest absolute Gasteiger partial charge is 0.311 e. The number of halogens is 1. The van der Waals surface area contributed by atoms with Crippen LogP contribution in [0, 0.1) is 0 Å². The Kier molecular flexibility index (Phi) is 1.92. The molecule has 0 atom stereocenters. The molecule has 1 aliphatic heterocycles. The summed E-state index contributed by atoms with van der Waals surface area (Å²) in [4.78, 5) is 4.31. The van der Waals surface area contributed by atoms with Crippen LogP contribution in [-0.2, 0) is 13.0 Å². The summed E-state index contributed by atoms with van der Waals surface area (Å²) in [5, 5.41) is 3.28. The van der Waals surface area contributed by atoms with Crippen molar-refractivity contribution in [2.45, 2.75) is 13.0 Å². The van der Waals surface area contributed by atoms with Crippen LogP contribution in [0.15, 0.2) is 16.7 Å². The Morgan fingerprint density at radius 2 is 2.45 bits per heavy atom. The molecule has 0 unspecified atom stereocenters. The van der Waals surface area contributed by atoms with Gasteiger partial charge in [-0.05, 0) is 40.5 Å². The highest BCUT2D eigenvalue weighted by atomic mass is 79.9. The van der Waals surface area contributed by atoms with Crippen molar-refractivity contribution in [1.82, 2.24) is 10.3 Å². The van der Waals surface area contributed by atoms with E-state index in [0.717, 1.165) is 24.0 Å². The highest BCUT2D eigenvalue weighted by Gasteiger charge is 2.08. The van der Waals surface area contributed by atoms with E-state index >= 15 is 0 Å². The third-order valence-electron chi connectivity index (χ3n) is 1.89. The minimum atomic E-state index is 0.919. The number of rotatable bonds is 0. The Bertz CT molecular complexity index is 273. The normalized spacial score (nSPS) is 16.1. The molecule has 1 aromatic heterocycles. The Balaban J connectivity index is 2.43. The summed E-state index contributed by atoms with van der Waals surface area (Å²) in [6.07, 6.45) is 2.95. The van der Waals surface area contributed by atoms with Crippen molar-refractivity contribution in [1.29, 1.82) is 0 Å². The van der Waals surface area contributed by atoms with Gasteiger partial charge >= 0.3 is 0 Å². The van der Waals surface area contributed by atoms with Gasteiger partial charge < -0.3 is 5.32 Å². The average molecular weight is 213 g/mol. The zero-order valence-electron chi connectivity index (χ0n) is 6.10. The number of aromatic nitrogens is 1. The van der Waals surface area contributed by atoms with Crippen molar-refractivity contribution in [2.75, 3.05) is 6.54 Å². The third-order valence-corrected chi connectivity index (χ3v) is 2.32. The summed E-state index contributed by atoms with van der Waals surface area (Å²) >= 11 is 3.41. The lowest BCUT2D eigenvalue weighted by atomic mass is 10.1. The molecular weight excluding hydrogens is 204 g/mol. The predicted octanol–water partition coefficient (Wildman–Crippen LogP) is 1.49. The Hall–Kier alpha value is -0.410. The fourth-order valence-corrected chi connectivity index (χ4v) is 1.69. The van der Waals surface area contributed by atoms with Crippen LogP contribution < -0.4 is 5.32 Å². The van der Waals surface area contributed by atoms with Gasteiger partial charge in [-0.25, -0.2) is 0 Å². The molecule has 2 rings (SSSR count). The molecule has 0 aromatic carbocycles. The van der Waals surface area contributed by atoms with E-state index in [9.17, 15) is 0 Å². The van der Waals surface area contributed by atoms with Crippen molar-refractivity contribution >= 4 is 15.9 Å². The van der Waals surface area contributed by atoms with Gasteiger partial charge in [-0.15, -0.1) is 0 Å². The lowest BCUT2D eigenvalue weighted by Crippen LogP contribution is -2.24. The first-order valence-electron chi connectivity index (χ1n) is 3.70. The molecule has 2 nitrogen and oxygen atoms in total. The van der Waals surface area contributed by atoms with Gasteiger partial charge in [-0.1, -0.05) is 0 Å². The first kappa shape index (κ1) is 7.25. The second kappa shape index (κ2) is 2.91. The second-order valence-corrected chi connectivity index (χ2v) is 3.60. The van der Waals surface area contributed by atoms with E-state index < -0.39 is 0 Å². The van der Waals surface area contributed by atoms with Gasteiger partial charge in [0, 0.05) is 17.2 Å². The molecule has 58 valence electrons. The number of hydrogen-bond donors (Lipinski definition) is 1. The van der Waals surface area contributed by atoms with Crippen LogP contribution in [0.25, 0.3) is 0 Å². The highest BCUT2D eigenvalue weighted by molar-refractivity contribution is 9.10. The summed E-state index contributed by atoms with van der Waals surface area (Å²) in [6.45, 7) is 1.99. The molecular formula is C8H9BrN2. The maximum atomic E-state index is 4.31. The minimum Gasteiger partial charge on any atom is -0.311 e. The number of hydrogen-bond acceptors (Lipinski definition) is 2. The van der Waals surface area contributed by atoms with Gasteiger partial charge in [0.1, 0.15) is 0 Å². The van der Waals surface area contributed by atoms with Crippen LogP contribution in [0.4, 0.5) is 0 Å². The molecule has 0 saturated heterocycles. The molecule has 0 radical (unpaired) electrons. The fraction of sp³-hybridized carbons (Fsp3) is 0.375. The minimum absolute atomic E-state index is 0.919. The van der Waals surface area contributed by atoms with E-state index in [-0.39, 0.29) is 0 Å². The Labute approximate surface area is 74.2 Å². The lowest BCUT2D eigenvalue weighted by molar-refractivity contribution is 0.626. The average Bonchev–Trinajstić information content (AvgIpc) is 2.04. The van der Waals surface area contributed by atoms with E-state index in [1.807, 2.05) is 6.20 Å². The fourth-order valence-electron chi connectivity index (χ4n) is 1.31. The van der Waals surface area contributed by atoms with Gasteiger partial charge in [0.2, 0.25) is 0 Å². The van der Waals surface area contributed by atoms with Crippen LogP contribution in [-0.4, -0.2) is 11.5 Å². The van der Waals surface area contributed by atoms with Gasteiger partial charge in [-0.3, -0.25) is 4.98 Å². The zero-order valence-corrected chi connectivity index (χ0v) is 7.69. The second-order valence-electron chi connectivity index (χ2n) is 2.69. The molecule has 11 heavy (non-hydrogen) atoms. The van der Waals surface area contributed by atoms with E-state index in [0.29, 0.717) is 0 Å². The number of pyridine rings is 1. The molecule has 2 heterocycles. The Morgan fingerprint density at radius 1 is 1.55 bits per heavy atom. The summed E-state index contributed by atoms with van der Waals surface area (Å²) in [5.41, 5.74) is 2.57. The summed E-state index contributed by atoms with van der Waals surface area (Å²) < 4.78 is 1.08. The molecule has 0 bridgehead atoms. The molecule has 1 aromatic rings. The summed E-state index contributed by atoms with van der Waals surface area (Å²) in [6, 6.07) is 2.16. The topological polar surface area (TPSA) is 24.9 Å². The SMILES string of the molecule is Brc1cnc2c(c1)CCNC2. The number of fused-ring (bicyclic) bond motifs is 1. The molecule has 0 spiro atoms. The summed E-state index contributed by atoms with van der Waals surface area (Å²) in [5.74, 6) is 0. The van der Waals surface area contributed by atoms with E-state index in [1.54, 1.807) is 0 Å². The van der Waals surface area contributed by atoms with E-state index in [2.05, 4.69) is 32.3 Å².